The molecular weight excluding hydrogens is 340 g/mol. The van der Waals surface area contributed by atoms with Crippen LogP contribution < -0.4 is 5.32 Å². The molecule has 1 fully saturated rings. The molecule has 1 aromatic rings. The van der Waals surface area contributed by atoms with Gasteiger partial charge in [0, 0.05) is 11.2 Å². The predicted molar refractivity (Wildman–Crippen MR) is 96.5 cm³/mol. The molecule has 2 heterocycles. The minimum atomic E-state index is -1.07. The number of hydrogen-bond acceptors (Lipinski definition) is 7. The summed E-state index contributed by atoms with van der Waals surface area (Å²) >= 11 is 1.51. The van der Waals surface area contributed by atoms with E-state index >= 15 is 0 Å². The third-order valence-electron chi connectivity index (χ3n) is 4.56. The Bertz CT molecular complexity index is 719. The molecule has 25 heavy (non-hydrogen) atoms. The van der Waals surface area contributed by atoms with Crippen molar-refractivity contribution in [3.05, 3.63) is 35.9 Å². The highest BCUT2D eigenvalue weighted by Crippen LogP contribution is 2.45. The summed E-state index contributed by atoms with van der Waals surface area (Å²) in [6.07, 6.45) is 0.462. The number of nitrogens with one attached hydrogen (secondary N) is 1. The molecule has 134 valence electrons. The van der Waals surface area contributed by atoms with Crippen LogP contribution in [0.2, 0.25) is 0 Å². The zero-order chi connectivity index (χ0) is 18.2. The maximum Gasteiger partial charge on any atom is 0.342 e. The fourth-order valence-electron chi connectivity index (χ4n) is 3.05. The van der Waals surface area contributed by atoms with Gasteiger partial charge in [0.1, 0.15) is 6.04 Å². The lowest BCUT2D eigenvalue weighted by Crippen LogP contribution is -2.51. The van der Waals surface area contributed by atoms with E-state index < -0.39 is 22.3 Å². The molecule has 2 aliphatic heterocycles. The molecule has 2 aliphatic rings. The lowest BCUT2D eigenvalue weighted by atomic mass is 10.0. The smallest absolute Gasteiger partial charge is 0.342 e. The van der Waals surface area contributed by atoms with Crippen LogP contribution in [0, 0.1) is 0 Å². The molecule has 1 saturated heterocycles. The largest absolute Gasteiger partial charge is 0.468 e. The van der Waals surface area contributed by atoms with Gasteiger partial charge in [-0.2, -0.15) is 0 Å². The van der Waals surface area contributed by atoms with Crippen LogP contribution in [-0.4, -0.2) is 46.6 Å². The Morgan fingerprint density at radius 3 is 2.64 bits per heavy atom. The molecule has 0 aromatic heterocycles. The minimum Gasteiger partial charge on any atom is -0.468 e. The van der Waals surface area contributed by atoms with E-state index in [4.69, 9.17) is 9.47 Å². The fraction of sp³-hybridized carbons (Fsp3) is 0.500. The summed E-state index contributed by atoms with van der Waals surface area (Å²) in [5.41, 5.74) is -0.0486. The topological polar surface area (TPSA) is 77.0 Å². The van der Waals surface area contributed by atoms with Gasteiger partial charge >= 0.3 is 11.9 Å². The van der Waals surface area contributed by atoms with Crippen molar-refractivity contribution in [2.24, 2.45) is 4.99 Å². The first kappa shape index (κ1) is 17.9. The number of carbonyl (C=O) groups is 2. The highest BCUT2D eigenvalue weighted by atomic mass is 32.2. The molecule has 3 unspecified atom stereocenters. The fourth-order valence-corrected chi connectivity index (χ4v) is 4.54. The van der Waals surface area contributed by atoms with Gasteiger partial charge in [0.2, 0.25) is 0 Å². The molecule has 0 saturated carbocycles. The molecule has 1 aromatic carbocycles. The van der Waals surface area contributed by atoms with Crippen LogP contribution >= 0.6 is 11.8 Å². The molecule has 0 aliphatic carbocycles. The maximum atomic E-state index is 12.5. The number of ether oxygens (including phenoxy) is 2. The summed E-state index contributed by atoms with van der Waals surface area (Å²) in [6, 6.07) is 9.22. The van der Waals surface area contributed by atoms with Crippen molar-refractivity contribution < 1.29 is 19.1 Å². The van der Waals surface area contributed by atoms with Crippen molar-refractivity contribution in [1.82, 2.24) is 5.32 Å². The third-order valence-corrected chi connectivity index (χ3v) is 6.24. The van der Waals surface area contributed by atoms with Gasteiger partial charge in [-0.3, -0.25) is 10.1 Å². The Labute approximate surface area is 151 Å². The third kappa shape index (κ3) is 3.30. The lowest BCUT2D eigenvalue weighted by molar-refractivity contribution is -0.144. The summed E-state index contributed by atoms with van der Waals surface area (Å²) in [4.78, 5) is 29.1. The Hall–Kier alpha value is -1.86. The number of hydrogen-bond donors (Lipinski definition) is 1. The molecule has 3 atom stereocenters. The number of cyclic esters (lactones) is 1. The van der Waals surface area contributed by atoms with Crippen LogP contribution in [0.3, 0.4) is 0 Å². The van der Waals surface area contributed by atoms with Gasteiger partial charge in [-0.25, -0.2) is 9.79 Å². The van der Waals surface area contributed by atoms with E-state index in [9.17, 15) is 9.59 Å². The SMILES string of the molecule is COC(=O)C1NC(C2(C)N=C(Cc3ccccc3)OC2=O)SC1(C)C. The van der Waals surface area contributed by atoms with Gasteiger partial charge < -0.3 is 9.47 Å². The molecule has 6 nitrogen and oxygen atoms in total. The van der Waals surface area contributed by atoms with Crippen LogP contribution in [0.4, 0.5) is 0 Å². The number of nitrogens with zero attached hydrogens (tertiary/aromatic N) is 1. The number of aliphatic imine (C=N–C) groups is 1. The number of carbonyl (C=O) groups excluding carboxylic acids is 2. The normalized spacial score (nSPS) is 30.7. The zero-order valence-electron chi connectivity index (χ0n) is 14.7. The summed E-state index contributed by atoms with van der Waals surface area (Å²) in [5.74, 6) is -0.339. The van der Waals surface area contributed by atoms with Crippen LogP contribution in [0.5, 0.6) is 0 Å². The van der Waals surface area contributed by atoms with Crippen molar-refractivity contribution in [3.63, 3.8) is 0 Å². The lowest BCUT2D eigenvalue weighted by Gasteiger charge is -2.24. The second kappa shape index (κ2) is 6.46. The molecular formula is C18H22N2O4S. The average molecular weight is 362 g/mol. The van der Waals surface area contributed by atoms with Gasteiger partial charge in [0.25, 0.3) is 0 Å². The summed E-state index contributed by atoms with van der Waals surface area (Å²) in [5, 5.41) is 2.84. The summed E-state index contributed by atoms with van der Waals surface area (Å²) in [6.45, 7) is 5.64. The van der Waals surface area contributed by atoms with Crippen molar-refractivity contribution in [3.8, 4) is 0 Å². The van der Waals surface area contributed by atoms with Gasteiger partial charge in [-0.15, -0.1) is 11.8 Å². The van der Waals surface area contributed by atoms with Crippen LogP contribution in [0.15, 0.2) is 35.3 Å². The highest BCUT2D eigenvalue weighted by Gasteiger charge is 2.57. The molecule has 0 radical (unpaired) electrons. The Kier molecular flexibility index (Phi) is 4.64. The Balaban J connectivity index is 1.81. The first-order chi connectivity index (χ1) is 11.8. The monoisotopic (exact) mass is 362 g/mol. The zero-order valence-corrected chi connectivity index (χ0v) is 15.6. The van der Waals surface area contributed by atoms with E-state index in [1.807, 2.05) is 44.2 Å². The number of rotatable bonds is 4. The number of esters is 2. The second-order valence-corrected chi connectivity index (χ2v) is 8.69. The first-order valence-electron chi connectivity index (χ1n) is 8.13. The Morgan fingerprint density at radius 1 is 1.32 bits per heavy atom. The van der Waals surface area contributed by atoms with E-state index in [-0.39, 0.29) is 11.3 Å². The standard InChI is InChI=1S/C18H22N2O4S/c1-17(2)13(14(21)23-4)19-15(25-17)18(3)16(22)24-12(20-18)10-11-8-6-5-7-9-11/h5-9,13,15,19H,10H2,1-4H3. The highest BCUT2D eigenvalue weighted by molar-refractivity contribution is 8.01. The van der Waals surface area contributed by atoms with E-state index in [0.717, 1.165) is 5.56 Å². The van der Waals surface area contributed by atoms with Crippen molar-refractivity contribution >= 4 is 29.6 Å². The van der Waals surface area contributed by atoms with E-state index in [0.29, 0.717) is 12.3 Å². The summed E-state index contributed by atoms with van der Waals surface area (Å²) in [7, 11) is 1.36. The predicted octanol–water partition coefficient (Wildman–Crippen LogP) is 1.93. The first-order valence-corrected chi connectivity index (χ1v) is 9.01. The summed E-state index contributed by atoms with van der Waals surface area (Å²) < 4.78 is 9.88. The maximum absolute atomic E-state index is 12.5. The van der Waals surface area contributed by atoms with Gasteiger partial charge in [0.05, 0.1) is 12.5 Å². The van der Waals surface area contributed by atoms with Crippen LogP contribution in [0.1, 0.15) is 26.3 Å². The van der Waals surface area contributed by atoms with Gasteiger partial charge in [-0.1, -0.05) is 30.3 Å². The van der Waals surface area contributed by atoms with Gasteiger partial charge in [-0.05, 0) is 26.3 Å². The average Bonchev–Trinajstić information content (AvgIpc) is 3.05. The van der Waals surface area contributed by atoms with Crippen LogP contribution in [-0.2, 0) is 25.5 Å². The van der Waals surface area contributed by atoms with Crippen molar-refractivity contribution in [2.45, 2.75) is 48.9 Å². The molecule has 1 N–H and O–H groups in total. The van der Waals surface area contributed by atoms with Crippen LogP contribution in [0.25, 0.3) is 0 Å². The molecule has 3 rings (SSSR count). The quantitative estimate of drug-likeness (QED) is 0.825. The molecule has 0 bridgehead atoms. The Morgan fingerprint density at radius 2 is 2.00 bits per heavy atom. The molecule has 7 heteroatoms. The van der Waals surface area contributed by atoms with Crippen molar-refractivity contribution in [1.29, 1.82) is 0 Å². The molecule has 0 amide bonds. The van der Waals surface area contributed by atoms with E-state index in [1.165, 1.54) is 18.9 Å². The number of methoxy groups -OCH3 is 1. The van der Waals surface area contributed by atoms with E-state index in [1.54, 1.807) is 6.92 Å². The molecule has 0 spiro atoms. The number of benzene rings is 1. The number of thioether (sulfide) groups is 1. The van der Waals surface area contributed by atoms with Gasteiger partial charge in [0.15, 0.2) is 11.4 Å². The minimum absolute atomic E-state index is 0.344. The van der Waals surface area contributed by atoms with Crippen molar-refractivity contribution in [2.75, 3.05) is 7.11 Å². The van der Waals surface area contributed by atoms with E-state index in [2.05, 4.69) is 10.3 Å². The second-order valence-electron chi connectivity index (χ2n) is 6.93.